The molecule has 156 valence electrons. The third-order valence-corrected chi connectivity index (χ3v) is 6.05. The fourth-order valence-electron chi connectivity index (χ4n) is 3.70. The summed E-state index contributed by atoms with van der Waals surface area (Å²) in [4.78, 5) is 4.71. The molecule has 0 bridgehead atoms. The highest BCUT2D eigenvalue weighted by Gasteiger charge is 2.19. The number of piperazine rings is 1. The van der Waals surface area contributed by atoms with Gasteiger partial charge in [-0.3, -0.25) is 9.58 Å². The molecule has 1 aliphatic heterocycles. The number of thiocarbonyl (C=S) groups is 1. The highest BCUT2D eigenvalue weighted by molar-refractivity contribution is 7.80. The van der Waals surface area contributed by atoms with Gasteiger partial charge in [0.25, 0.3) is 0 Å². The predicted octanol–water partition coefficient (Wildman–Crippen LogP) is 4.41. The second-order valence-electron chi connectivity index (χ2n) is 7.70. The maximum Gasteiger partial charge on any atom is 0.173 e. The third-order valence-electron chi connectivity index (χ3n) is 5.32. The van der Waals surface area contributed by atoms with E-state index < -0.39 is 0 Å². The van der Waals surface area contributed by atoms with Crippen molar-refractivity contribution >= 4 is 34.6 Å². The second kappa shape index (κ2) is 9.60. The number of aryl methyl sites for hydroxylation is 1. The Hall–Kier alpha value is -2.41. The van der Waals surface area contributed by atoms with E-state index in [9.17, 15) is 0 Å². The summed E-state index contributed by atoms with van der Waals surface area (Å²) in [5, 5.41) is 9.26. The minimum atomic E-state index is 0.631. The normalized spacial score (nSPS) is 14.7. The molecule has 1 N–H and O–H groups in total. The topological polar surface area (TPSA) is 36.3 Å². The van der Waals surface area contributed by atoms with Crippen LogP contribution in [0.4, 0.5) is 5.69 Å². The molecule has 4 rings (SSSR count). The van der Waals surface area contributed by atoms with Crippen LogP contribution in [0.25, 0.3) is 0 Å². The van der Waals surface area contributed by atoms with Crippen LogP contribution >= 0.6 is 23.8 Å². The summed E-state index contributed by atoms with van der Waals surface area (Å²) in [6.07, 6.45) is 3.76. The van der Waals surface area contributed by atoms with Crippen LogP contribution in [0.2, 0.25) is 5.02 Å². The highest BCUT2D eigenvalue weighted by atomic mass is 35.5. The molecule has 0 radical (unpaired) electrons. The number of hydrogen-bond acceptors (Lipinski definition) is 3. The zero-order valence-electron chi connectivity index (χ0n) is 17.1. The molecule has 0 spiro atoms. The van der Waals surface area contributed by atoms with E-state index in [1.54, 1.807) is 6.20 Å². The molecule has 0 unspecified atom stereocenters. The lowest BCUT2D eigenvalue weighted by atomic mass is 10.1. The van der Waals surface area contributed by atoms with Crippen LogP contribution in [0.5, 0.6) is 0 Å². The molecule has 3 aromatic rings. The largest absolute Gasteiger partial charge is 0.346 e. The monoisotopic (exact) mass is 439 g/mol. The Morgan fingerprint density at radius 2 is 1.87 bits per heavy atom. The second-order valence-corrected chi connectivity index (χ2v) is 8.49. The van der Waals surface area contributed by atoms with Crippen molar-refractivity contribution < 1.29 is 0 Å². The van der Waals surface area contributed by atoms with Gasteiger partial charge in [-0.2, -0.15) is 5.10 Å². The van der Waals surface area contributed by atoms with Gasteiger partial charge in [0.05, 0.1) is 18.4 Å². The quantitative estimate of drug-likeness (QED) is 0.596. The van der Waals surface area contributed by atoms with Crippen molar-refractivity contribution in [3.05, 3.63) is 82.6 Å². The molecule has 1 fully saturated rings. The van der Waals surface area contributed by atoms with Gasteiger partial charge in [0.1, 0.15) is 0 Å². The van der Waals surface area contributed by atoms with E-state index in [1.807, 2.05) is 35.1 Å². The third kappa shape index (κ3) is 5.39. The van der Waals surface area contributed by atoms with Gasteiger partial charge in [-0.15, -0.1) is 0 Å². The fraction of sp³-hybridized carbons (Fsp3) is 0.304. The molecule has 0 saturated carbocycles. The first-order valence-corrected chi connectivity index (χ1v) is 10.9. The first-order valence-electron chi connectivity index (χ1n) is 10.2. The minimum Gasteiger partial charge on any atom is -0.346 e. The summed E-state index contributed by atoms with van der Waals surface area (Å²) in [6, 6.07) is 16.6. The predicted molar refractivity (Wildman–Crippen MR) is 127 cm³/mol. The van der Waals surface area contributed by atoms with Crippen LogP contribution in [0.1, 0.15) is 16.7 Å². The molecule has 0 atom stereocenters. The molecule has 2 aromatic carbocycles. The first-order chi connectivity index (χ1) is 14.6. The van der Waals surface area contributed by atoms with Crippen LogP contribution in [0, 0.1) is 6.92 Å². The van der Waals surface area contributed by atoms with Gasteiger partial charge in [0, 0.05) is 43.9 Å². The molecule has 0 aliphatic carbocycles. The first kappa shape index (κ1) is 20.8. The molecular weight excluding hydrogens is 414 g/mol. The van der Waals surface area contributed by atoms with Gasteiger partial charge in [-0.25, -0.2) is 0 Å². The van der Waals surface area contributed by atoms with Crippen molar-refractivity contribution in [3.8, 4) is 0 Å². The van der Waals surface area contributed by atoms with E-state index in [2.05, 4.69) is 51.4 Å². The van der Waals surface area contributed by atoms with Gasteiger partial charge in [0.15, 0.2) is 5.11 Å². The van der Waals surface area contributed by atoms with Crippen molar-refractivity contribution in [2.45, 2.75) is 20.0 Å². The maximum absolute atomic E-state index is 6.25. The maximum atomic E-state index is 6.25. The molecule has 1 saturated heterocycles. The molecule has 1 aromatic heterocycles. The zero-order valence-corrected chi connectivity index (χ0v) is 18.7. The average molecular weight is 440 g/mol. The molecule has 7 heteroatoms. The van der Waals surface area contributed by atoms with Crippen LogP contribution in [-0.2, 0) is 13.1 Å². The summed E-state index contributed by atoms with van der Waals surface area (Å²) >= 11 is 11.9. The Labute approximate surface area is 188 Å². The Morgan fingerprint density at radius 1 is 1.07 bits per heavy atom. The minimum absolute atomic E-state index is 0.631. The van der Waals surface area contributed by atoms with Gasteiger partial charge in [-0.05, 0) is 36.3 Å². The van der Waals surface area contributed by atoms with Gasteiger partial charge in [0.2, 0.25) is 0 Å². The van der Waals surface area contributed by atoms with E-state index in [1.165, 1.54) is 11.1 Å². The molecular formula is C23H26ClN5S. The average Bonchev–Trinajstić information content (AvgIpc) is 3.17. The highest BCUT2D eigenvalue weighted by Crippen LogP contribution is 2.17. The Balaban J connectivity index is 1.27. The summed E-state index contributed by atoms with van der Waals surface area (Å²) < 4.78 is 1.87. The summed E-state index contributed by atoms with van der Waals surface area (Å²) in [5.41, 5.74) is 4.62. The Morgan fingerprint density at radius 3 is 2.63 bits per heavy atom. The summed E-state index contributed by atoms with van der Waals surface area (Å²) in [6.45, 7) is 7.61. The van der Waals surface area contributed by atoms with Gasteiger partial charge in [-0.1, -0.05) is 59.6 Å². The number of rotatable bonds is 5. The standard InChI is InChI=1S/C23H26ClN5S/c1-18-5-4-6-19(13-18)15-27-9-11-28(12-10-27)23(30)26-21-14-25-29(17-21)16-20-7-2-3-8-22(20)24/h2-8,13-14,17H,9-12,15-16H2,1H3,(H,26,30). The fourth-order valence-corrected chi connectivity index (χ4v) is 4.19. The van der Waals surface area contributed by atoms with Crippen LogP contribution in [-0.4, -0.2) is 50.9 Å². The van der Waals surface area contributed by atoms with Gasteiger partial charge < -0.3 is 10.2 Å². The van der Waals surface area contributed by atoms with Crippen molar-refractivity contribution in [2.75, 3.05) is 31.5 Å². The number of nitrogens with one attached hydrogen (secondary N) is 1. The van der Waals surface area contributed by atoms with Crippen molar-refractivity contribution in [2.24, 2.45) is 0 Å². The number of nitrogens with zero attached hydrogens (tertiary/aromatic N) is 4. The van der Waals surface area contributed by atoms with Crippen LogP contribution < -0.4 is 5.32 Å². The summed E-state index contributed by atoms with van der Waals surface area (Å²) in [5.74, 6) is 0. The molecule has 2 heterocycles. The number of benzene rings is 2. The molecule has 30 heavy (non-hydrogen) atoms. The van der Waals surface area contributed by atoms with Crippen LogP contribution in [0.15, 0.2) is 60.9 Å². The van der Waals surface area contributed by atoms with Gasteiger partial charge >= 0.3 is 0 Å². The van der Waals surface area contributed by atoms with Crippen molar-refractivity contribution in [1.29, 1.82) is 0 Å². The van der Waals surface area contributed by atoms with Crippen molar-refractivity contribution in [1.82, 2.24) is 19.6 Å². The number of hydrogen-bond donors (Lipinski definition) is 1. The number of halogens is 1. The van der Waals surface area contributed by atoms with E-state index in [0.717, 1.165) is 54.1 Å². The lowest BCUT2D eigenvalue weighted by molar-refractivity contribution is 0.177. The van der Waals surface area contributed by atoms with Crippen molar-refractivity contribution in [3.63, 3.8) is 0 Å². The molecule has 5 nitrogen and oxygen atoms in total. The van der Waals surface area contributed by atoms with E-state index in [4.69, 9.17) is 23.8 Å². The van der Waals surface area contributed by atoms with E-state index in [-0.39, 0.29) is 0 Å². The Kier molecular flexibility index (Phi) is 6.67. The number of anilines is 1. The van der Waals surface area contributed by atoms with E-state index >= 15 is 0 Å². The van der Waals surface area contributed by atoms with Crippen LogP contribution in [0.3, 0.4) is 0 Å². The smallest absolute Gasteiger partial charge is 0.173 e. The molecule has 1 aliphatic rings. The zero-order chi connectivity index (χ0) is 20.9. The Bertz CT molecular complexity index is 1010. The van der Waals surface area contributed by atoms with E-state index in [0.29, 0.717) is 6.54 Å². The lowest BCUT2D eigenvalue weighted by Crippen LogP contribution is -2.49. The number of aromatic nitrogens is 2. The summed E-state index contributed by atoms with van der Waals surface area (Å²) in [7, 11) is 0. The SMILES string of the molecule is Cc1cccc(CN2CCN(C(=S)Nc3cnn(Cc4ccccc4Cl)c3)CC2)c1. The lowest BCUT2D eigenvalue weighted by Gasteiger charge is -2.36. The molecule has 0 amide bonds.